The first-order valence-corrected chi connectivity index (χ1v) is 9.46. The summed E-state index contributed by atoms with van der Waals surface area (Å²) in [6.07, 6.45) is 5.64. The number of carbonyl (C=O) groups is 1. The van der Waals surface area contributed by atoms with Crippen LogP contribution < -0.4 is 14.8 Å². The molecule has 0 radical (unpaired) electrons. The van der Waals surface area contributed by atoms with E-state index in [2.05, 4.69) is 10.2 Å². The molecule has 1 aromatic heterocycles. The van der Waals surface area contributed by atoms with Gasteiger partial charge in [0.25, 0.3) is 0 Å². The zero-order valence-electron chi connectivity index (χ0n) is 16.1. The number of likely N-dealkylation sites (tertiary alicyclic amines) is 1. The molecule has 27 heavy (non-hydrogen) atoms. The maximum Gasteiger partial charge on any atom is 0.224 e. The lowest BCUT2D eigenvalue weighted by Crippen LogP contribution is -2.40. The van der Waals surface area contributed by atoms with Crippen molar-refractivity contribution >= 4 is 5.91 Å². The Hall–Kier alpha value is -2.47. The fourth-order valence-electron chi connectivity index (χ4n) is 3.57. The van der Waals surface area contributed by atoms with Crippen molar-refractivity contribution in [3.05, 3.63) is 47.9 Å². The SMILES string of the molecule is COc1ccc(CC(=O)NCC(c2ccco2)N2CCCCC2)cc1OC. The molecule has 1 aliphatic heterocycles. The van der Waals surface area contributed by atoms with Crippen LogP contribution in [0.5, 0.6) is 11.5 Å². The van der Waals surface area contributed by atoms with Gasteiger partial charge in [0.05, 0.1) is 32.9 Å². The zero-order chi connectivity index (χ0) is 19.1. The number of ether oxygens (including phenoxy) is 2. The molecule has 3 rings (SSSR count). The molecule has 1 unspecified atom stereocenters. The molecule has 146 valence electrons. The van der Waals surface area contributed by atoms with E-state index in [0.717, 1.165) is 24.4 Å². The highest BCUT2D eigenvalue weighted by atomic mass is 16.5. The molecule has 1 amide bonds. The van der Waals surface area contributed by atoms with Gasteiger partial charge in [-0.25, -0.2) is 0 Å². The van der Waals surface area contributed by atoms with Crippen LogP contribution in [0.2, 0.25) is 0 Å². The Kier molecular flexibility index (Phi) is 6.76. The van der Waals surface area contributed by atoms with Crippen LogP contribution in [0.3, 0.4) is 0 Å². The number of nitrogens with one attached hydrogen (secondary N) is 1. The Balaban J connectivity index is 1.60. The van der Waals surface area contributed by atoms with Crippen molar-refractivity contribution < 1.29 is 18.7 Å². The van der Waals surface area contributed by atoms with Gasteiger partial charge >= 0.3 is 0 Å². The summed E-state index contributed by atoms with van der Waals surface area (Å²) in [5, 5.41) is 3.07. The van der Waals surface area contributed by atoms with Crippen LogP contribution in [0.4, 0.5) is 0 Å². The molecule has 0 saturated carbocycles. The molecule has 6 nitrogen and oxygen atoms in total. The molecule has 1 aromatic carbocycles. The molecule has 1 saturated heterocycles. The van der Waals surface area contributed by atoms with Gasteiger partial charge in [-0.15, -0.1) is 0 Å². The smallest absolute Gasteiger partial charge is 0.224 e. The summed E-state index contributed by atoms with van der Waals surface area (Å²) in [7, 11) is 3.19. The van der Waals surface area contributed by atoms with Crippen LogP contribution in [0.1, 0.15) is 36.6 Å². The summed E-state index contributed by atoms with van der Waals surface area (Å²) < 4.78 is 16.2. The van der Waals surface area contributed by atoms with Gasteiger partial charge in [0, 0.05) is 6.54 Å². The maximum absolute atomic E-state index is 12.5. The van der Waals surface area contributed by atoms with Crippen LogP contribution in [0.15, 0.2) is 41.0 Å². The second kappa shape index (κ2) is 9.46. The largest absolute Gasteiger partial charge is 0.493 e. The van der Waals surface area contributed by atoms with Crippen LogP contribution in [-0.2, 0) is 11.2 Å². The second-order valence-corrected chi connectivity index (χ2v) is 6.80. The minimum atomic E-state index is -0.0178. The summed E-state index contributed by atoms with van der Waals surface area (Å²) in [5.74, 6) is 2.17. The molecule has 0 spiro atoms. The van der Waals surface area contributed by atoms with E-state index in [1.54, 1.807) is 20.5 Å². The number of amides is 1. The predicted octanol–water partition coefficient (Wildman–Crippen LogP) is 3.18. The lowest BCUT2D eigenvalue weighted by Gasteiger charge is -2.33. The van der Waals surface area contributed by atoms with Crippen LogP contribution in [0, 0.1) is 0 Å². The third-order valence-corrected chi connectivity index (χ3v) is 5.01. The number of carbonyl (C=O) groups excluding carboxylic acids is 1. The Morgan fingerprint density at radius 1 is 1.15 bits per heavy atom. The van der Waals surface area contributed by atoms with Gasteiger partial charge in [0.15, 0.2) is 11.5 Å². The summed E-state index contributed by atoms with van der Waals surface area (Å²) in [5.41, 5.74) is 0.887. The van der Waals surface area contributed by atoms with E-state index in [1.165, 1.54) is 19.3 Å². The van der Waals surface area contributed by atoms with Crippen LogP contribution in [-0.4, -0.2) is 44.7 Å². The lowest BCUT2D eigenvalue weighted by atomic mass is 10.1. The molecule has 0 aliphatic carbocycles. The van der Waals surface area contributed by atoms with Crippen LogP contribution in [0.25, 0.3) is 0 Å². The maximum atomic E-state index is 12.5. The van der Waals surface area contributed by atoms with Crippen LogP contribution >= 0.6 is 0 Å². The van der Waals surface area contributed by atoms with Gasteiger partial charge in [-0.1, -0.05) is 12.5 Å². The number of hydrogen-bond acceptors (Lipinski definition) is 5. The second-order valence-electron chi connectivity index (χ2n) is 6.80. The molecular weight excluding hydrogens is 344 g/mol. The van der Waals surface area contributed by atoms with Gasteiger partial charge in [-0.3, -0.25) is 9.69 Å². The minimum absolute atomic E-state index is 0.0178. The number of piperidine rings is 1. The van der Waals surface area contributed by atoms with Crippen molar-refractivity contribution in [3.8, 4) is 11.5 Å². The Labute approximate surface area is 160 Å². The monoisotopic (exact) mass is 372 g/mol. The third-order valence-electron chi connectivity index (χ3n) is 5.01. The first kappa shape index (κ1) is 19.3. The Morgan fingerprint density at radius 3 is 2.59 bits per heavy atom. The normalized spacial score (nSPS) is 15.9. The van der Waals surface area contributed by atoms with Gasteiger partial charge in [-0.2, -0.15) is 0 Å². The highest BCUT2D eigenvalue weighted by molar-refractivity contribution is 5.78. The van der Waals surface area contributed by atoms with E-state index in [0.29, 0.717) is 24.5 Å². The van der Waals surface area contributed by atoms with Crippen molar-refractivity contribution in [2.75, 3.05) is 33.9 Å². The molecule has 1 atom stereocenters. The number of hydrogen-bond donors (Lipinski definition) is 1. The number of furan rings is 1. The summed E-state index contributed by atoms with van der Waals surface area (Å²) in [4.78, 5) is 14.9. The van der Waals surface area contributed by atoms with Gasteiger partial charge in [0.2, 0.25) is 5.91 Å². The van der Waals surface area contributed by atoms with E-state index in [9.17, 15) is 4.79 Å². The molecule has 0 bridgehead atoms. The molecule has 1 aliphatic rings. The number of rotatable bonds is 8. The van der Waals surface area contributed by atoms with E-state index in [-0.39, 0.29) is 11.9 Å². The van der Waals surface area contributed by atoms with E-state index < -0.39 is 0 Å². The van der Waals surface area contributed by atoms with Crippen molar-refractivity contribution in [1.82, 2.24) is 10.2 Å². The highest BCUT2D eigenvalue weighted by Gasteiger charge is 2.24. The average Bonchev–Trinajstić information content (AvgIpc) is 3.23. The molecule has 2 aromatic rings. The van der Waals surface area contributed by atoms with E-state index in [4.69, 9.17) is 13.9 Å². The first-order chi connectivity index (χ1) is 13.2. The van der Waals surface area contributed by atoms with Crippen molar-refractivity contribution in [2.45, 2.75) is 31.7 Å². The summed E-state index contributed by atoms with van der Waals surface area (Å²) in [6, 6.07) is 9.51. The topological polar surface area (TPSA) is 63.9 Å². The number of methoxy groups -OCH3 is 2. The fourth-order valence-corrected chi connectivity index (χ4v) is 3.57. The van der Waals surface area contributed by atoms with Crippen molar-refractivity contribution in [1.29, 1.82) is 0 Å². The lowest BCUT2D eigenvalue weighted by molar-refractivity contribution is -0.120. The van der Waals surface area contributed by atoms with Gasteiger partial charge in [0.1, 0.15) is 5.76 Å². The predicted molar refractivity (Wildman–Crippen MR) is 103 cm³/mol. The molecule has 1 fully saturated rings. The summed E-state index contributed by atoms with van der Waals surface area (Å²) >= 11 is 0. The molecule has 2 heterocycles. The summed E-state index contributed by atoms with van der Waals surface area (Å²) in [6.45, 7) is 2.62. The number of benzene rings is 1. The third kappa shape index (κ3) is 5.04. The van der Waals surface area contributed by atoms with Gasteiger partial charge in [-0.05, 0) is 55.8 Å². The Morgan fingerprint density at radius 2 is 1.93 bits per heavy atom. The number of nitrogens with zero attached hydrogens (tertiary/aromatic N) is 1. The standard InChI is InChI=1S/C21H28N2O4/c1-25-19-9-8-16(13-20(19)26-2)14-21(24)22-15-17(18-7-6-12-27-18)23-10-4-3-5-11-23/h6-9,12-13,17H,3-5,10-11,14-15H2,1-2H3,(H,22,24). The average molecular weight is 372 g/mol. The zero-order valence-corrected chi connectivity index (χ0v) is 16.1. The highest BCUT2D eigenvalue weighted by Crippen LogP contribution is 2.28. The fraction of sp³-hybridized carbons (Fsp3) is 0.476. The first-order valence-electron chi connectivity index (χ1n) is 9.46. The van der Waals surface area contributed by atoms with Crippen molar-refractivity contribution in [2.24, 2.45) is 0 Å². The molecule has 6 heteroatoms. The quantitative estimate of drug-likeness (QED) is 0.771. The van der Waals surface area contributed by atoms with Crippen molar-refractivity contribution in [3.63, 3.8) is 0 Å². The minimum Gasteiger partial charge on any atom is -0.493 e. The molecular formula is C21H28N2O4. The van der Waals surface area contributed by atoms with E-state index in [1.807, 2.05) is 30.3 Å². The Bertz CT molecular complexity index is 724. The molecule has 1 N–H and O–H groups in total. The van der Waals surface area contributed by atoms with Gasteiger partial charge < -0.3 is 19.2 Å². The van der Waals surface area contributed by atoms with E-state index >= 15 is 0 Å².